The van der Waals surface area contributed by atoms with Crippen LogP contribution in [0.15, 0.2) is 43.0 Å². The van der Waals surface area contributed by atoms with Gasteiger partial charge < -0.3 is 15.4 Å². The fraction of sp³-hybridized carbons (Fsp3) is 0.182. The quantitative estimate of drug-likeness (QED) is 0.737. The Morgan fingerprint density at radius 1 is 1.47 bits per heavy atom. The van der Waals surface area contributed by atoms with Crippen molar-refractivity contribution >= 4 is 5.69 Å². The summed E-state index contributed by atoms with van der Waals surface area (Å²) in [7, 11) is 0. The molecule has 1 aromatic carbocycles. The van der Waals surface area contributed by atoms with Crippen molar-refractivity contribution in [3.63, 3.8) is 0 Å². The van der Waals surface area contributed by atoms with Crippen LogP contribution in [0.1, 0.15) is 11.7 Å². The molecule has 0 saturated carbocycles. The Morgan fingerprint density at radius 2 is 2.33 bits per heavy atom. The van der Waals surface area contributed by atoms with Gasteiger partial charge in [-0.3, -0.25) is 0 Å². The molecule has 2 aromatic rings. The zero-order chi connectivity index (χ0) is 10.7. The summed E-state index contributed by atoms with van der Waals surface area (Å²) < 4.78 is 1.83. The Balaban J connectivity index is 2.11. The van der Waals surface area contributed by atoms with Crippen LogP contribution in [0.2, 0.25) is 0 Å². The lowest BCUT2D eigenvalue weighted by molar-refractivity contribution is 0.156. The van der Waals surface area contributed by atoms with Gasteiger partial charge in [-0.15, -0.1) is 0 Å². The lowest BCUT2D eigenvalue weighted by Crippen LogP contribution is -2.07. The number of hydrogen-bond acceptors (Lipinski definition) is 3. The Kier molecular flexibility index (Phi) is 2.69. The second-order valence-corrected chi connectivity index (χ2v) is 3.45. The first-order valence-electron chi connectivity index (χ1n) is 4.75. The summed E-state index contributed by atoms with van der Waals surface area (Å²) >= 11 is 0. The molecule has 0 aliphatic heterocycles. The van der Waals surface area contributed by atoms with Crippen molar-refractivity contribution in [1.82, 2.24) is 9.55 Å². The lowest BCUT2D eigenvalue weighted by Gasteiger charge is -2.11. The molecular formula is C11H13N3O. The third-order valence-corrected chi connectivity index (χ3v) is 2.24. The number of nitrogens with zero attached hydrogens (tertiary/aromatic N) is 2. The summed E-state index contributed by atoms with van der Waals surface area (Å²) in [6.45, 7) is 0.490. The molecule has 1 atom stereocenters. The Hall–Kier alpha value is -1.81. The third kappa shape index (κ3) is 2.35. The van der Waals surface area contributed by atoms with Gasteiger partial charge in [0.2, 0.25) is 0 Å². The zero-order valence-corrected chi connectivity index (χ0v) is 8.24. The van der Waals surface area contributed by atoms with Crippen LogP contribution >= 0.6 is 0 Å². The van der Waals surface area contributed by atoms with Crippen LogP contribution in [0.3, 0.4) is 0 Å². The van der Waals surface area contributed by atoms with E-state index >= 15 is 0 Å². The zero-order valence-electron chi connectivity index (χ0n) is 8.24. The van der Waals surface area contributed by atoms with Crippen molar-refractivity contribution in [2.24, 2.45) is 0 Å². The number of nitrogens with two attached hydrogens (primary N) is 1. The van der Waals surface area contributed by atoms with E-state index in [0.29, 0.717) is 12.2 Å². The van der Waals surface area contributed by atoms with E-state index in [1.165, 1.54) is 0 Å². The first-order valence-corrected chi connectivity index (χ1v) is 4.75. The average Bonchev–Trinajstić information content (AvgIpc) is 2.70. The molecule has 0 aliphatic carbocycles. The maximum atomic E-state index is 9.91. The number of anilines is 1. The smallest absolute Gasteiger partial charge is 0.0970 e. The van der Waals surface area contributed by atoms with Gasteiger partial charge in [0.1, 0.15) is 0 Å². The van der Waals surface area contributed by atoms with E-state index in [0.717, 1.165) is 5.56 Å². The van der Waals surface area contributed by atoms with Crippen molar-refractivity contribution in [2.75, 3.05) is 5.73 Å². The van der Waals surface area contributed by atoms with E-state index in [2.05, 4.69) is 4.98 Å². The molecule has 0 radical (unpaired) electrons. The maximum Gasteiger partial charge on any atom is 0.0970 e. The van der Waals surface area contributed by atoms with Gasteiger partial charge >= 0.3 is 0 Å². The number of rotatable bonds is 3. The van der Waals surface area contributed by atoms with Crippen LogP contribution in [-0.4, -0.2) is 14.7 Å². The van der Waals surface area contributed by atoms with Crippen LogP contribution in [0.5, 0.6) is 0 Å². The summed E-state index contributed by atoms with van der Waals surface area (Å²) in [5.41, 5.74) is 7.13. The molecule has 78 valence electrons. The van der Waals surface area contributed by atoms with Crippen LogP contribution in [0.4, 0.5) is 5.69 Å². The van der Waals surface area contributed by atoms with Gasteiger partial charge in [0.05, 0.1) is 19.0 Å². The number of aromatic nitrogens is 2. The second kappa shape index (κ2) is 4.14. The van der Waals surface area contributed by atoms with Gasteiger partial charge in [-0.1, -0.05) is 12.1 Å². The highest BCUT2D eigenvalue weighted by Gasteiger charge is 2.07. The van der Waals surface area contributed by atoms with E-state index in [4.69, 9.17) is 5.73 Å². The molecule has 15 heavy (non-hydrogen) atoms. The Labute approximate surface area is 88.0 Å². The highest BCUT2D eigenvalue weighted by atomic mass is 16.3. The molecule has 1 unspecified atom stereocenters. The minimum absolute atomic E-state index is 0.490. The first kappa shape index (κ1) is 9.73. The fourth-order valence-corrected chi connectivity index (χ4v) is 1.47. The summed E-state index contributed by atoms with van der Waals surface area (Å²) in [4.78, 5) is 3.91. The molecule has 4 nitrogen and oxygen atoms in total. The number of aliphatic hydroxyl groups is 1. The monoisotopic (exact) mass is 203 g/mol. The summed E-state index contributed by atoms with van der Waals surface area (Å²) in [6.07, 6.45) is 4.62. The first-order chi connectivity index (χ1) is 7.25. The molecular weight excluding hydrogens is 190 g/mol. The van der Waals surface area contributed by atoms with Crippen molar-refractivity contribution in [3.05, 3.63) is 48.5 Å². The van der Waals surface area contributed by atoms with Crippen molar-refractivity contribution in [2.45, 2.75) is 12.6 Å². The number of aliphatic hydroxyl groups excluding tert-OH is 1. The van der Waals surface area contributed by atoms with Gasteiger partial charge in [0.25, 0.3) is 0 Å². The minimum Gasteiger partial charge on any atom is -0.399 e. The van der Waals surface area contributed by atoms with E-state index in [9.17, 15) is 5.11 Å². The minimum atomic E-state index is -0.553. The predicted molar refractivity (Wildman–Crippen MR) is 58.0 cm³/mol. The molecule has 4 heteroatoms. The Bertz CT molecular complexity index is 425. The van der Waals surface area contributed by atoms with Crippen molar-refractivity contribution in [1.29, 1.82) is 0 Å². The molecule has 1 aromatic heterocycles. The SMILES string of the molecule is Nc1cccc(C(O)Cn2ccnc2)c1. The lowest BCUT2D eigenvalue weighted by atomic mass is 10.1. The van der Waals surface area contributed by atoms with E-state index in [-0.39, 0.29) is 0 Å². The van der Waals surface area contributed by atoms with Gasteiger partial charge in [0.15, 0.2) is 0 Å². The van der Waals surface area contributed by atoms with Crippen LogP contribution < -0.4 is 5.73 Å². The second-order valence-electron chi connectivity index (χ2n) is 3.45. The molecule has 2 rings (SSSR count). The molecule has 0 amide bonds. The van der Waals surface area contributed by atoms with E-state index < -0.39 is 6.10 Å². The normalized spacial score (nSPS) is 12.6. The molecule has 1 heterocycles. The summed E-state index contributed by atoms with van der Waals surface area (Å²) in [6, 6.07) is 7.27. The van der Waals surface area contributed by atoms with E-state index in [1.807, 2.05) is 22.9 Å². The van der Waals surface area contributed by atoms with Crippen molar-refractivity contribution in [3.8, 4) is 0 Å². The van der Waals surface area contributed by atoms with E-state index in [1.54, 1.807) is 24.7 Å². The van der Waals surface area contributed by atoms with Crippen LogP contribution in [-0.2, 0) is 6.54 Å². The van der Waals surface area contributed by atoms with Gasteiger partial charge in [0, 0.05) is 18.1 Å². The highest BCUT2D eigenvalue weighted by Crippen LogP contribution is 2.17. The van der Waals surface area contributed by atoms with Gasteiger partial charge in [-0.25, -0.2) is 4.98 Å². The average molecular weight is 203 g/mol. The molecule has 0 fully saturated rings. The topological polar surface area (TPSA) is 64.1 Å². The highest BCUT2D eigenvalue weighted by molar-refractivity contribution is 5.41. The standard InChI is InChI=1S/C11H13N3O/c12-10-3-1-2-9(6-10)11(15)7-14-5-4-13-8-14/h1-6,8,11,15H,7,12H2. The predicted octanol–water partition coefficient (Wildman–Crippen LogP) is 1.20. The number of hydrogen-bond donors (Lipinski definition) is 2. The fourth-order valence-electron chi connectivity index (χ4n) is 1.47. The van der Waals surface area contributed by atoms with Crippen LogP contribution in [0, 0.1) is 0 Å². The van der Waals surface area contributed by atoms with Gasteiger partial charge in [-0.05, 0) is 17.7 Å². The summed E-state index contributed by atoms with van der Waals surface area (Å²) in [5, 5.41) is 9.91. The number of nitrogen functional groups attached to an aromatic ring is 1. The molecule has 0 spiro atoms. The van der Waals surface area contributed by atoms with Gasteiger partial charge in [-0.2, -0.15) is 0 Å². The van der Waals surface area contributed by atoms with Crippen LogP contribution in [0.25, 0.3) is 0 Å². The molecule has 3 N–H and O–H groups in total. The third-order valence-electron chi connectivity index (χ3n) is 2.24. The largest absolute Gasteiger partial charge is 0.399 e. The van der Waals surface area contributed by atoms with Crippen molar-refractivity contribution < 1.29 is 5.11 Å². The summed E-state index contributed by atoms with van der Waals surface area (Å²) in [5.74, 6) is 0. The maximum absolute atomic E-state index is 9.91. The molecule has 0 saturated heterocycles. The number of benzene rings is 1. The molecule has 0 aliphatic rings. The number of imidazole rings is 1. The molecule has 0 bridgehead atoms. The Morgan fingerprint density at radius 3 is 3.00 bits per heavy atom.